The molecule has 1 saturated carbocycles. The number of rotatable bonds is 7. The van der Waals surface area contributed by atoms with E-state index < -0.39 is 11.8 Å². The van der Waals surface area contributed by atoms with Crippen LogP contribution in [-0.2, 0) is 9.59 Å². The fraction of sp³-hybridized carbons (Fsp3) is 0.320. The SMILES string of the molecule is COc1ccc(OC)c(N2C(=O)C(Cl)=C(Nc3ccc(C(=O)NC4CCCCC4)cc3)C2=O)c1. The van der Waals surface area contributed by atoms with Gasteiger partial charge in [-0.3, -0.25) is 14.4 Å². The first kappa shape index (κ1) is 23.6. The molecular formula is C25H26ClN3O5. The number of hydrogen-bond donors (Lipinski definition) is 2. The Balaban J connectivity index is 1.49. The average molecular weight is 484 g/mol. The van der Waals surface area contributed by atoms with Crippen LogP contribution >= 0.6 is 11.6 Å². The number of imide groups is 1. The largest absolute Gasteiger partial charge is 0.497 e. The molecule has 178 valence electrons. The van der Waals surface area contributed by atoms with Crippen LogP contribution in [-0.4, -0.2) is 38.0 Å². The van der Waals surface area contributed by atoms with Crippen LogP contribution in [0.4, 0.5) is 11.4 Å². The number of halogens is 1. The number of carbonyl (C=O) groups is 3. The van der Waals surface area contributed by atoms with Gasteiger partial charge < -0.3 is 20.1 Å². The van der Waals surface area contributed by atoms with E-state index in [0.29, 0.717) is 22.7 Å². The van der Waals surface area contributed by atoms with Crippen LogP contribution in [0.25, 0.3) is 0 Å². The van der Waals surface area contributed by atoms with Crippen molar-refractivity contribution in [2.24, 2.45) is 0 Å². The molecule has 2 N–H and O–H groups in total. The highest BCUT2D eigenvalue weighted by Crippen LogP contribution is 2.38. The predicted molar refractivity (Wildman–Crippen MR) is 129 cm³/mol. The van der Waals surface area contributed by atoms with Gasteiger partial charge in [0.2, 0.25) is 0 Å². The van der Waals surface area contributed by atoms with E-state index in [2.05, 4.69) is 10.6 Å². The number of ether oxygens (including phenoxy) is 2. The van der Waals surface area contributed by atoms with Crippen LogP contribution in [0.3, 0.4) is 0 Å². The monoisotopic (exact) mass is 483 g/mol. The van der Waals surface area contributed by atoms with Gasteiger partial charge in [-0.1, -0.05) is 30.9 Å². The van der Waals surface area contributed by atoms with Gasteiger partial charge in [-0.05, 0) is 49.2 Å². The Morgan fingerprint density at radius 3 is 2.32 bits per heavy atom. The van der Waals surface area contributed by atoms with Crippen molar-refractivity contribution in [2.75, 3.05) is 24.4 Å². The van der Waals surface area contributed by atoms with Gasteiger partial charge >= 0.3 is 0 Å². The topological polar surface area (TPSA) is 97.0 Å². The molecule has 1 fully saturated rings. The number of carbonyl (C=O) groups excluding carboxylic acids is 3. The fourth-order valence-corrected chi connectivity index (χ4v) is 4.38. The maximum Gasteiger partial charge on any atom is 0.283 e. The van der Waals surface area contributed by atoms with E-state index in [-0.39, 0.29) is 28.4 Å². The van der Waals surface area contributed by atoms with E-state index in [1.165, 1.54) is 26.7 Å². The van der Waals surface area contributed by atoms with Crippen LogP contribution in [0.15, 0.2) is 53.2 Å². The minimum Gasteiger partial charge on any atom is -0.497 e. The molecule has 8 nitrogen and oxygen atoms in total. The summed E-state index contributed by atoms with van der Waals surface area (Å²) in [5.41, 5.74) is 1.20. The summed E-state index contributed by atoms with van der Waals surface area (Å²) in [5.74, 6) is -0.651. The van der Waals surface area contributed by atoms with Crippen molar-refractivity contribution < 1.29 is 23.9 Å². The van der Waals surface area contributed by atoms with Gasteiger partial charge in [-0.25, -0.2) is 4.90 Å². The fourth-order valence-electron chi connectivity index (χ4n) is 4.17. The Bertz CT molecular complexity index is 1140. The lowest BCUT2D eigenvalue weighted by molar-refractivity contribution is -0.120. The highest BCUT2D eigenvalue weighted by molar-refractivity contribution is 6.53. The summed E-state index contributed by atoms with van der Waals surface area (Å²) < 4.78 is 10.5. The molecule has 0 spiro atoms. The van der Waals surface area contributed by atoms with Crippen molar-refractivity contribution in [2.45, 2.75) is 38.1 Å². The minimum absolute atomic E-state index is 0.0593. The zero-order valence-corrected chi connectivity index (χ0v) is 19.8. The second-order valence-corrected chi connectivity index (χ2v) is 8.56. The first-order valence-corrected chi connectivity index (χ1v) is 11.5. The number of hydrogen-bond acceptors (Lipinski definition) is 6. The van der Waals surface area contributed by atoms with E-state index in [9.17, 15) is 14.4 Å². The highest BCUT2D eigenvalue weighted by atomic mass is 35.5. The summed E-state index contributed by atoms with van der Waals surface area (Å²) in [4.78, 5) is 39.5. The summed E-state index contributed by atoms with van der Waals surface area (Å²) in [7, 11) is 2.92. The summed E-state index contributed by atoms with van der Waals surface area (Å²) in [5, 5.41) is 5.75. The Morgan fingerprint density at radius 2 is 1.68 bits per heavy atom. The number of nitrogens with one attached hydrogen (secondary N) is 2. The summed E-state index contributed by atoms with van der Waals surface area (Å²) in [6.07, 6.45) is 5.49. The zero-order valence-electron chi connectivity index (χ0n) is 19.0. The molecule has 9 heteroatoms. The molecule has 1 aliphatic heterocycles. The van der Waals surface area contributed by atoms with E-state index in [1.54, 1.807) is 36.4 Å². The Kier molecular flexibility index (Phi) is 7.07. The van der Waals surface area contributed by atoms with E-state index >= 15 is 0 Å². The molecule has 3 amide bonds. The average Bonchev–Trinajstić information content (AvgIpc) is 3.07. The summed E-state index contributed by atoms with van der Waals surface area (Å²) in [6.45, 7) is 0. The molecule has 1 aliphatic carbocycles. The number of amides is 3. The molecule has 4 rings (SSSR count). The number of methoxy groups -OCH3 is 2. The smallest absolute Gasteiger partial charge is 0.283 e. The lowest BCUT2D eigenvalue weighted by atomic mass is 9.95. The molecule has 2 aromatic carbocycles. The first-order chi connectivity index (χ1) is 16.4. The van der Waals surface area contributed by atoms with Gasteiger partial charge in [0.05, 0.1) is 19.9 Å². The van der Waals surface area contributed by atoms with Crippen LogP contribution in [0.5, 0.6) is 11.5 Å². The Hall–Kier alpha value is -3.52. The van der Waals surface area contributed by atoms with E-state index in [4.69, 9.17) is 21.1 Å². The second-order valence-electron chi connectivity index (χ2n) is 8.18. The minimum atomic E-state index is -0.677. The lowest BCUT2D eigenvalue weighted by Gasteiger charge is -2.22. The van der Waals surface area contributed by atoms with Crippen molar-refractivity contribution in [3.63, 3.8) is 0 Å². The molecule has 1 heterocycles. The zero-order chi connectivity index (χ0) is 24.2. The molecule has 0 radical (unpaired) electrons. The molecular weight excluding hydrogens is 458 g/mol. The first-order valence-electron chi connectivity index (χ1n) is 11.1. The number of benzene rings is 2. The third kappa shape index (κ3) is 4.72. The number of nitrogens with zero attached hydrogens (tertiary/aromatic N) is 1. The van der Waals surface area contributed by atoms with E-state index in [1.807, 2.05) is 0 Å². The van der Waals surface area contributed by atoms with Gasteiger partial charge in [0.25, 0.3) is 17.7 Å². The van der Waals surface area contributed by atoms with E-state index in [0.717, 1.165) is 30.6 Å². The maximum atomic E-state index is 13.1. The molecule has 0 aromatic heterocycles. The number of anilines is 2. The molecule has 0 unspecified atom stereocenters. The summed E-state index contributed by atoms with van der Waals surface area (Å²) >= 11 is 6.25. The highest BCUT2D eigenvalue weighted by Gasteiger charge is 2.40. The second kappa shape index (κ2) is 10.2. The van der Waals surface area contributed by atoms with Crippen molar-refractivity contribution in [1.29, 1.82) is 0 Å². The van der Waals surface area contributed by atoms with Gasteiger partial charge in [0.1, 0.15) is 22.2 Å². The molecule has 0 saturated heterocycles. The maximum absolute atomic E-state index is 13.1. The van der Waals surface area contributed by atoms with Crippen molar-refractivity contribution in [3.8, 4) is 11.5 Å². The lowest BCUT2D eigenvalue weighted by Crippen LogP contribution is -2.36. The normalized spacial score (nSPS) is 16.6. The van der Waals surface area contributed by atoms with Gasteiger partial charge in [0, 0.05) is 23.4 Å². The van der Waals surface area contributed by atoms with Gasteiger partial charge in [-0.2, -0.15) is 0 Å². The Labute approximate surface area is 202 Å². The predicted octanol–water partition coefficient (Wildman–Crippen LogP) is 4.20. The van der Waals surface area contributed by atoms with Crippen LogP contribution in [0, 0.1) is 0 Å². The van der Waals surface area contributed by atoms with Crippen molar-refractivity contribution in [3.05, 3.63) is 58.8 Å². The third-order valence-electron chi connectivity index (χ3n) is 6.01. The quantitative estimate of drug-likeness (QED) is 0.573. The third-order valence-corrected chi connectivity index (χ3v) is 6.36. The van der Waals surface area contributed by atoms with Crippen LogP contribution in [0.2, 0.25) is 0 Å². The molecule has 0 atom stereocenters. The van der Waals surface area contributed by atoms with Crippen LogP contribution < -0.4 is 25.0 Å². The van der Waals surface area contributed by atoms with Gasteiger partial charge in [-0.15, -0.1) is 0 Å². The molecule has 34 heavy (non-hydrogen) atoms. The van der Waals surface area contributed by atoms with Crippen molar-refractivity contribution in [1.82, 2.24) is 5.32 Å². The summed E-state index contributed by atoms with van der Waals surface area (Å²) in [6, 6.07) is 11.7. The molecule has 2 aliphatic rings. The van der Waals surface area contributed by atoms with Crippen LogP contribution in [0.1, 0.15) is 42.5 Å². The van der Waals surface area contributed by atoms with Gasteiger partial charge in [0.15, 0.2) is 0 Å². The molecule has 0 bridgehead atoms. The standard InChI is InChI=1S/C25H26ClN3O5/c1-33-18-12-13-20(34-2)19(14-18)29-24(31)21(26)22(25(29)32)27-17-10-8-15(9-11-17)23(30)28-16-6-4-3-5-7-16/h8-14,16,27H,3-7H2,1-2H3,(H,28,30). The molecule has 2 aromatic rings. The Morgan fingerprint density at radius 1 is 0.971 bits per heavy atom. The van der Waals surface area contributed by atoms with Crippen molar-refractivity contribution >= 4 is 40.7 Å².